The molecule has 1 amide bonds. The van der Waals surface area contributed by atoms with Crippen molar-refractivity contribution in [1.29, 1.82) is 0 Å². The maximum Gasteiger partial charge on any atom is 0.234 e. The zero-order chi connectivity index (χ0) is 19.8. The lowest BCUT2D eigenvalue weighted by Gasteiger charge is -2.32. The molecule has 1 aliphatic rings. The van der Waals surface area contributed by atoms with Gasteiger partial charge in [-0.25, -0.2) is 4.99 Å². The summed E-state index contributed by atoms with van der Waals surface area (Å²) in [5.74, 6) is 0.347. The maximum absolute atomic E-state index is 12.5. The summed E-state index contributed by atoms with van der Waals surface area (Å²) in [4.78, 5) is 21.2. The molecule has 0 aromatic heterocycles. The number of rotatable bonds is 5. The number of nitrogens with one attached hydrogen (secondary N) is 2. The van der Waals surface area contributed by atoms with Crippen molar-refractivity contribution >= 4 is 34.2 Å². The number of quaternary nitrogens is 1. The Morgan fingerprint density at radius 1 is 1.14 bits per heavy atom. The number of carbonyl (C=O) groups excluding carboxylic acids is 1. The van der Waals surface area contributed by atoms with Crippen molar-refractivity contribution in [2.45, 2.75) is 13.3 Å². The molecule has 0 aliphatic carbocycles. The third-order valence-electron chi connectivity index (χ3n) is 4.82. The quantitative estimate of drug-likeness (QED) is 0.602. The molecule has 0 unspecified atom stereocenters. The second kappa shape index (κ2) is 10.3. The molecule has 148 valence electrons. The summed E-state index contributed by atoms with van der Waals surface area (Å²) < 4.78 is 0. The first-order valence-electron chi connectivity index (χ1n) is 9.85. The van der Waals surface area contributed by atoms with Gasteiger partial charge in [0.1, 0.15) is 0 Å². The van der Waals surface area contributed by atoms with Gasteiger partial charge in [0.25, 0.3) is 0 Å². The number of anilines is 1. The lowest BCUT2D eigenvalue weighted by atomic mass is 10.1. The number of para-hydroxylation sites is 1. The van der Waals surface area contributed by atoms with Crippen LogP contribution >= 0.6 is 11.8 Å². The number of hydrogen-bond acceptors (Lipinski definition) is 3. The van der Waals surface area contributed by atoms with Crippen LogP contribution in [-0.4, -0.2) is 55.0 Å². The first kappa shape index (κ1) is 20.4. The maximum atomic E-state index is 12.5. The van der Waals surface area contributed by atoms with Gasteiger partial charge in [-0.2, -0.15) is 0 Å². The Balaban J connectivity index is 1.65. The Bertz CT molecular complexity index is 801. The van der Waals surface area contributed by atoms with Crippen LogP contribution < -0.4 is 10.2 Å². The van der Waals surface area contributed by atoms with E-state index in [1.54, 1.807) is 0 Å². The van der Waals surface area contributed by atoms with Gasteiger partial charge in [-0.05, 0) is 36.2 Å². The van der Waals surface area contributed by atoms with Gasteiger partial charge in [0.05, 0.1) is 44.7 Å². The number of hydrogen-bond donors (Lipinski definition) is 2. The molecule has 1 aliphatic heterocycles. The van der Waals surface area contributed by atoms with Crippen molar-refractivity contribution in [3.63, 3.8) is 0 Å². The summed E-state index contributed by atoms with van der Waals surface area (Å²) in [6.07, 6.45) is 0.956. The molecular weight excluding hydrogens is 368 g/mol. The van der Waals surface area contributed by atoms with E-state index >= 15 is 0 Å². The van der Waals surface area contributed by atoms with E-state index in [1.165, 1.54) is 22.2 Å². The summed E-state index contributed by atoms with van der Waals surface area (Å²) >= 11 is 1.52. The summed E-state index contributed by atoms with van der Waals surface area (Å²) in [5.41, 5.74) is 3.00. The van der Waals surface area contributed by atoms with Crippen LogP contribution in [0.1, 0.15) is 12.5 Å². The number of piperazine rings is 1. The molecule has 0 atom stereocenters. The third-order valence-corrected chi connectivity index (χ3v) is 5.83. The highest BCUT2D eigenvalue weighted by Gasteiger charge is 2.21. The van der Waals surface area contributed by atoms with E-state index in [-0.39, 0.29) is 5.91 Å². The normalized spacial score (nSPS) is 15.5. The zero-order valence-corrected chi connectivity index (χ0v) is 17.5. The SMILES string of the molecule is CCc1cccc(NC(=O)CSC(=Nc2ccccc2)N2CC[NH+](C)CC2)c1. The largest absolute Gasteiger partial charge is 0.340 e. The molecule has 2 N–H and O–H groups in total. The van der Waals surface area contributed by atoms with Crippen molar-refractivity contribution in [1.82, 2.24) is 4.90 Å². The van der Waals surface area contributed by atoms with Gasteiger partial charge in [0.15, 0.2) is 5.17 Å². The van der Waals surface area contributed by atoms with E-state index in [0.717, 1.165) is 49.1 Å². The number of amidine groups is 1. The highest BCUT2D eigenvalue weighted by molar-refractivity contribution is 8.14. The fourth-order valence-corrected chi connectivity index (χ4v) is 3.95. The van der Waals surface area contributed by atoms with Crippen LogP contribution in [0.25, 0.3) is 0 Å². The first-order valence-corrected chi connectivity index (χ1v) is 10.8. The molecule has 0 saturated carbocycles. The number of aliphatic imine (C=N–C) groups is 1. The molecule has 5 nitrogen and oxygen atoms in total. The van der Waals surface area contributed by atoms with E-state index in [0.29, 0.717) is 5.75 Å². The number of likely N-dealkylation sites (N-methyl/N-ethyl adjacent to an activating group) is 1. The van der Waals surface area contributed by atoms with E-state index in [2.05, 4.69) is 30.3 Å². The van der Waals surface area contributed by atoms with Crippen LogP contribution in [0.2, 0.25) is 0 Å². The molecule has 0 bridgehead atoms. The van der Waals surface area contributed by atoms with Gasteiger partial charge in [-0.3, -0.25) is 4.79 Å². The second-order valence-electron chi connectivity index (χ2n) is 7.06. The summed E-state index contributed by atoms with van der Waals surface area (Å²) in [5, 5.41) is 3.94. The van der Waals surface area contributed by atoms with Crippen LogP contribution in [0.5, 0.6) is 0 Å². The van der Waals surface area contributed by atoms with Gasteiger partial charge in [-0.1, -0.05) is 49.0 Å². The topological polar surface area (TPSA) is 49.1 Å². The minimum Gasteiger partial charge on any atom is -0.340 e. The summed E-state index contributed by atoms with van der Waals surface area (Å²) in [7, 11) is 2.22. The molecule has 1 fully saturated rings. The number of thioether (sulfide) groups is 1. The van der Waals surface area contributed by atoms with Crippen LogP contribution in [0.15, 0.2) is 59.6 Å². The molecule has 1 saturated heterocycles. The fourth-order valence-electron chi connectivity index (χ4n) is 3.08. The fraction of sp³-hybridized carbons (Fsp3) is 0.364. The third kappa shape index (κ3) is 6.11. The van der Waals surface area contributed by atoms with E-state index in [4.69, 9.17) is 4.99 Å². The molecular formula is C22H29N4OS+. The van der Waals surface area contributed by atoms with Gasteiger partial charge in [-0.15, -0.1) is 0 Å². The minimum absolute atomic E-state index is 0.00114. The number of benzene rings is 2. The minimum atomic E-state index is -0.00114. The smallest absolute Gasteiger partial charge is 0.234 e. The predicted molar refractivity (Wildman–Crippen MR) is 119 cm³/mol. The highest BCUT2D eigenvalue weighted by atomic mass is 32.2. The van der Waals surface area contributed by atoms with Crippen molar-refractivity contribution < 1.29 is 9.69 Å². The Kier molecular flexibility index (Phi) is 7.51. The zero-order valence-electron chi connectivity index (χ0n) is 16.6. The Morgan fingerprint density at radius 2 is 1.89 bits per heavy atom. The van der Waals surface area contributed by atoms with Crippen molar-refractivity contribution in [2.75, 3.05) is 44.3 Å². The summed E-state index contributed by atoms with van der Waals surface area (Å²) in [6.45, 7) is 6.21. The van der Waals surface area contributed by atoms with Gasteiger partial charge < -0.3 is 15.1 Å². The second-order valence-corrected chi connectivity index (χ2v) is 8.01. The Labute approximate surface area is 171 Å². The van der Waals surface area contributed by atoms with Crippen molar-refractivity contribution in [3.8, 4) is 0 Å². The molecule has 3 rings (SSSR count). The van der Waals surface area contributed by atoms with E-state index < -0.39 is 0 Å². The number of carbonyl (C=O) groups is 1. The molecule has 2 aromatic rings. The predicted octanol–water partition coefficient (Wildman–Crippen LogP) is 2.44. The summed E-state index contributed by atoms with van der Waals surface area (Å²) in [6, 6.07) is 18.0. The van der Waals surface area contributed by atoms with Gasteiger partial charge in [0, 0.05) is 5.69 Å². The number of nitrogens with zero attached hydrogens (tertiary/aromatic N) is 2. The monoisotopic (exact) mass is 397 g/mol. The molecule has 0 spiro atoms. The average Bonchev–Trinajstić information content (AvgIpc) is 2.72. The molecule has 1 heterocycles. The van der Waals surface area contributed by atoms with Crippen molar-refractivity contribution in [2.24, 2.45) is 4.99 Å². The number of amides is 1. The standard InChI is InChI=1S/C22H28N4OS/c1-3-18-8-7-11-20(16-18)23-21(27)17-28-22(24-19-9-5-4-6-10-19)26-14-12-25(2)13-15-26/h4-11,16H,3,12-15,17H2,1-2H3,(H,23,27)/p+1. The lowest BCUT2D eigenvalue weighted by molar-refractivity contribution is -0.883. The average molecular weight is 398 g/mol. The molecule has 0 radical (unpaired) electrons. The molecule has 2 aromatic carbocycles. The van der Waals surface area contributed by atoms with Gasteiger partial charge in [0.2, 0.25) is 5.91 Å². The van der Waals surface area contributed by atoms with Gasteiger partial charge >= 0.3 is 0 Å². The first-order chi connectivity index (χ1) is 13.6. The van der Waals surface area contributed by atoms with Crippen LogP contribution in [-0.2, 0) is 11.2 Å². The molecule has 6 heteroatoms. The van der Waals surface area contributed by atoms with E-state index in [1.807, 2.05) is 48.5 Å². The Hall–Kier alpha value is -2.31. The van der Waals surface area contributed by atoms with Crippen LogP contribution in [0, 0.1) is 0 Å². The molecule has 28 heavy (non-hydrogen) atoms. The van der Waals surface area contributed by atoms with E-state index in [9.17, 15) is 4.79 Å². The Morgan fingerprint density at radius 3 is 2.61 bits per heavy atom. The van der Waals surface area contributed by atoms with Crippen LogP contribution in [0.3, 0.4) is 0 Å². The lowest BCUT2D eigenvalue weighted by Crippen LogP contribution is -3.12. The van der Waals surface area contributed by atoms with Crippen LogP contribution in [0.4, 0.5) is 11.4 Å². The number of aryl methyl sites for hydroxylation is 1. The highest BCUT2D eigenvalue weighted by Crippen LogP contribution is 2.18. The van der Waals surface area contributed by atoms with Crippen molar-refractivity contribution in [3.05, 3.63) is 60.2 Å².